The maximum Gasteiger partial charge on any atom is 0.124 e. The highest BCUT2D eigenvalue weighted by atomic mass is 32.2. The Bertz CT molecular complexity index is 403. The Balaban J connectivity index is 1.90. The minimum absolute atomic E-state index is 0.120. The van der Waals surface area contributed by atoms with E-state index in [0.717, 1.165) is 11.3 Å². The van der Waals surface area contributed by atoms with Crippen molar-refractivity contribution >= 4 is 11.8 Å². The van der Waals surface area contributed by atoms with Crippen molar-refractivity contribution in [2.45, 2.75) is 48.4 Å². The summed E-state index contributed by atoms with van der Waals surface area (Å²) in [4.78, 5) is 1.12. The van der Waals surface area contributed by atoms with E-state index in [-0.39, 0.29) is 5.82 Å². The molecule has 1 aromatic rings. The molecule has 3 heteroatoms. The molecular weight excluding hydrogens is 221 g/mol. The SMILES string of the molecule is CC1CC(NC2CC2)c2ccc(F)cc2S1. The van der Waals surface area contributed by atoms with Crippen LogP contribution in [0.15, 0.2) is 23.1 Å². The number of nitrogens with one attached hydrogen (secondary N) is 1. The Labute approximate surface area is 99.8 Å². The van der Waals surface area contributed by atoms with Gasteiger partial charge in [0.25, 0.3) is 0 Å². The molecule has 0 aromatic heterocycles. The molecule has 1 aliphatic heterocycles. The van der Waals surface area contributed by atoms with E-state index in [0.29, 0.717) is 17.3 Å². The Kier molecular flexibility index (Phi) is 2.68. The fourth-order valence-electron chi connectivity index (χ4n) is 2.31. The molecule has 1 fully saturated rings. The van der Waals surface area contributed by atoms with Gasteiger partial charge in [-0.05, 0) is 37.0 Å². The van der Waals surface area contributed by atoms with E-state index in [1.165, 1.54) is 18.4 Å². The molecule has 1 aromatic carbocycles. The summed E-state index contributed by atoms with van der Waals surface area (Å²) in [6.45, 7) is 2.22. The average molecular weight is 237 g/mol. The van der Waals surface area contributed by atoms with Gasteiger partial charge in [-0.25, -0.2) is 4.39 Å². The topological polar surface area (TPSA) is 12.0 Å². The highest BCUT2D eigenvalue weighted by Crippen LogP contribution is 2.42. The fraction of sp³-hybridized carbons (Fsp3) is 0.538. The van der Waals surface area contributed by atoms with Gasteiger partial charge in [-0.15, -0.1) is 11.8 Å². The molecule has 1 aliphatic carbocycles. The van der Waals surface area contributed by atoms with Crippen LogP contribution in [0.5, 0.6) is 0 Å². The van der Waals surface area contributed by atoms with Gasteiger partial charge in [0.1, 0.15) is 5.82 Å². The van der Waals surface area contributed by atoms with Crippen molar-refractivity contribution < 1.29 is 4.39 Å². The maximum atomic E-state index is 13.2. The van der Waals surface area contributed by atoms with E-state index in [4.69, 9.17) is 0 Å². The first kappa shape index (κ1) is 10.6. The summed E-state index contributed by atoms with van der Waals surface area (Å²) >= 11 is 1.80. The first-order chi connectivity index (χ1) is 7.72. The van der Waals surface area contributed by atoms with E-state index in [9.17, 15) is 4.39 Å². The number of thioether (sulfide) groups is 1. The number of benzene rings is 1. The average Bonchev–Trinajstić information content (AvgIpc) is 3.00. The smallest absolute Gasteiger partial charge is 0.124 e. The Morgan fingerprint density at radius 2 is 2.19 bits per heavy atom. The van der Waals surface area contributed by atoms with Gasteiger partial charge in [-0.3, -0.25) is 0 Å². The lowest BCUT2D eigenvalue weighted by atomic mass is 10.0. The van der Waals surface area contributed by atoms with Crippen molar-refractivity contribution in [2.75, 3.05) is 0 Å². The molecule has 16 heavy (non-hydrogen) atoms. The zero-order valence-corrected chi connectivity index (χ0v) is 10.2. The molecule has 0 amide bonds. The second kappa shape index (κ2) is 4.04. The van der Waals surface area contributed by atoms with Gasteiger partial charge in [0, 0.05) is 22.2 Å². The summed E-state index contributed by atoms with van der Waals surface area (Å²) < 4.78 is 13.2. The van der Waals surface area contributed by atoms with Crippen LogP contribution in [0, 0.1) is 5.82 Å². The van der Waals surface area contributed by atoms with Crippen LogP contribution < -0.4 is 5.32 Å². The monoisotopic (exact) mass is 237 g/mol. The van der Waals surface area contributed by atoms with Crippen LogP contribution in [0.3, 0.4) is 0 Å². The van der Waals surface area contributed by atoms with Crippen molar-refractivity contribution in [1.29, 1.82) is 0 Å². The fourth-order valence-corrected chi connectivity index (χ4v) is 3.56. The van der Waals surface area contributed by atoms with Crippen molar-refractivity contribution in [3.63, 3.8) is 0 Å². The van der Waals surface area contributed by atoms with Gasteiger partial charge < -0.3 is 5.32 Å². The van der Waals surface area contributed by atoms with Gasteiger partial charge in [-0.2, -0.15) is 0 Å². The highest BCUT2D eigenvalue weighted by molar-refractivity contribution is 8.00. The first-order valence-corrected chi connectivity index (χ1v) is 6.82. The van der Waals surface area contributed by atoms with Crippen LogP contribution in [0.4, 0.5) is 4.39 Å². The van der Waals surface area contributed by atoms with Gasteiger partial charge >= 0.3 is 0 Å². The molecule has 1 saturated carbocycles. The third-order valence-electron chi connectivity index (χ3n) is 3.26. The summed E-state index contributed by atoms with van der Waals surface area (Å²) in [5.74, 6) is -0.120. The van der Waals surface area contributed by atoms with Crippen molar-refractivity contribution in [2.24, 2.45) is 0 Å². The Morgan fingerprint density at radius 3 is 2.94 bits per heavy atom. The maximum absolute atomic E-state index is 13.2. The van der Waals surface area contributed by atoms with E-state index < -0.39 is 0 Å². The minimum atomic E-state index is -0.120. The third-order valence-corrected chi connectivity index (χ3v) is 4.46. The second-order valence-corrected chi connectivity index (χ2v) is 6.32. The number of hydrogen-bond donors (Lipinski definition) is 1. The van der Waals surface area contributed by atoms with Crippen LogP contribution in [0.2, 0.25) is 0 Å². The van der Waals surface area contributed by atoms with Crippen molar-refractivity contribution in [3.8, 4) is 0 Å². The first-order valence-electron chi connectivity index (χ1n) is 5.94. The van der Waals surface area contributed by atoms with Gasteiger partial charge in [0.2, 0.25) is 0 Å². The summed E-state index contributed by atoms with van der Waals surface area (Å²) in [5, 5.41) is 4.24. The van der Waals surface area contributed by atoms with Crippen molar-refractivity contribution in [1.82, 2.24) is 5.32 Å². The number of fused-ring (bicyclic) bond motifs is 1. The van der Waals surface area contributed by atoms with E-state index in [1.807, 2.05) is 6.07 Å². The van der Waals surface area contributed by atoms with Gasteiger partial charge in [0.05, 0.1) is 0 Å². The predicted molar refractivity (Wildman–Crippen MR) is 65.2 cm³/mol. The van der Waals surface area contributed by atoms with Crippen LogP contribution in [0.1, 0.15) is 37.8 Å². The normalized spacial score (nSPS) is 28.9. The Hall–Kier alpha value is -0.540. The third kappa shape index (κ3) is 2.11. The number of halogens is 1. The Morgan fingerprint density at radius 1 is 1.38 bits per heavy atom. The molecule has 2 unspecified atom stereocenters. The number of rotatable bonds is 2. The zero-order valence-electron chi connectivity index (χ0n) is 9.37. The summed E-state index contributed by atoms with van der Waals surface area (Å²) in [5.41, 5.74) is 1.29. The largest absolute Gasteiger partial charge is 0.307 e. The van der Waals surface area contributed by atoms with Crippen LogP contribution in [-0.4, -0.2) is 11.3 Å². The lowest BCUT2D eigenvalue weighted by Gasteiger charge is -2.30. The second-order valence-electron chi connectivity index (χ2n) is 4.84. The van der Waals surface area contributed by atoms with Crippen LogP contribution >= 0.6 is 11.8 Å². The zero-order chi connectivity index (χ0) is 11.1. The lowest BCUT2D eigenvalue weighted by Crippen LogP contribution is -2.28. The van der Waals surface area contributed by atoms with E-state index in [1.54, 1.807) is 23.9 Å². The van der Waals surface area contributed by atoms with Crippen LogP contribution in [-0.2, 0) is 0 Å². The van der Waals surface area contributed by atoms with Gasteiger partial charge in [-0.1, -0.05) is 13.0 Å². The molecule has 1 heterocycles. The molecular formula is C13H16FNS. The summed E-state index contributed by atoms with van der Waals surface area (Å²) in [6, 6.07) is 6.34. The standard InChI is InChI=1S/C13H16FNS/c1-8-6-12(15-10-3-4-10)11-5-2-9(14)7-13(11)16-8/h2,5,7-8,10,12,15H,3-4,6H2,1H3. The van der Waals surface area contributed by atoms with Crippen LogP contribution in [0.25, 0.3) is 0 Å². The summed E-state index contributed by atoms with van der Waals surface area (Å²) in [7, 11) is 0. The van der Waals surface area contributed by atoms with E-state index >= 15 is 0 Å². The molecule has 86 valence electrons. The summed E-state index contributed by atoms with van der Waals surface area (Å²) in [6.07, 6.45) is 3.75. The minimum Gasteiger partial charge on any atom is -0.307 e. The molecule has 2 aliphatic rings. The lowest BCUT2D eigenvalue weighted by molar-refractivity contribution is 0.481. The molecule has 2 atom stereocenters. The van der Waals surface area contributed by atoms with Gasteiger partial charge in [0.15, 0.2) is 0 Å². The quantitative estimate of drug-likeness (QED) is 0.845. The molecule has 0 spiro atoms. The molecule has 0 saturated heterocycles. The van der Waals surface area contributed by atoms with E-state index in [2.05, 4.69) is 12.2 Å². The molecule has 3 rings (SSSR count). The van der Waals surface area contributed by atoms with Crippen molar-refractivity contribution in [3.05, 3.63) is 29.6 Å². The molecule has 0 bridgehead atoms. The molecule has 1 nitrogen and oxygen atoms in total. The molecule has 1 N–H and O–H groups in total. The predicted octanol–water partition coefficient (Wildman–Crippen LogP) is 3.50. The molecule has 0 radical (unpaired) electrons. The highest BCUT2D eigenvalue weighted by Gasteiger charge is 2.30. The number of hydrogen-bond acceptors (Lipinski definition) is 2.